The second kappa shape index (κ2) is 7.27. The van der Waals surface area contributed by atoms with Crippen LogP contribution >= 0.6 is 11.3 Å². The van der Waals surface area contributed by atoms with Crippen LogP contribution in [0.4, 0.5) is 0 Å². The lowest BCUT2D eigenvalue weighted by Gasteiger charge is -2.33. The molecule has 1 saturated carbocycles. The Bertz CT molecular complexity index is 538. The highest BCUT2D eigenvalue weighted by atomic mass is 32.1. The summed E-state index contributed by atoms with van der Waals surface area (Å²) in [5.41, 5.74) is 0. The Balaban J connectivity index is 2.07. The lowest BCUT2D eigenvalue weighted by atomic mass is 9.80. The van der Waals surface area contributed by atoms with Gasteiger partial charge in [0.25, 0.3) is 0 Å². The van der Waals surface area contributed by atoms with Gasteiger partial charge >= 0.3 is 5.97 Å². The van der Waals surface area contributed by atoms with Gasteiger partial charge in [-0.1, -0.05) is 6.42 Å². The molecule has 1 heterocycles. The minimum Gasteiger partial charge on any atom is -0.481 e. The number of amides is 1. The minimum absolute atomic E-state index is 0.118. The number of carboxylic acid groups (broad SMARTS) is 1. The van der Waals surface area contributed by atoms with Gasteiger partial charge in [0.15, 0.2) is 0 Å². The van der Waals surface area contributed by atoms with E-state index in [4.69, 9.17) is 0 Å². The summed E-state index contributed by atoms with van der Waals surface area (Å²) < 4.78 is 0. The highest BCUT2D eigenvalue weighted by Gasteiger charge is 2.34. The third-order valence-electron chi connectivity index (χ3n) is 4.40. The summed E-state index contributed by atoms with van der Waals surface area (Å²) in [6, 6.07) is 4.27. The van der Waals surface area contributed by atoms with Crippen LogP contribution in [0.1, 0.15) is 49.3 Å². The standard InChI is InChI=1S/C17H25NO3S/c1-11(2)18(10-15-8-7-12(3)22-15)16(19)13-5-4-6-14(9-13)17(20)21/h7-8,11,13-14H,4-6,9-10H2,1-3H3,(H,20,21). The number of carboxylic acids is 1. The predicted octanol–water partition coefficient (Wildman–Crippen LogP) is 3.68. The van der Waals surface area contributed by atoms with Crippen molar-refractivity contribution < 1.29 is 14.7 Å². The molecule has 0 aliphatic heterocycles. The molecule has 0 aromatic carbocycles. The van der Waals surface area contributed by atoms with Gasteiger partial charge in [0.2, 0.25) is 5.91 Å². The zero-order valence-corrected chi connectivity index (χ0v) is 14.4. The van der Waals surface area contributed by atoms with Gasteiger partial charge in [-0.2, -0.15) is 0 Å². The van der Waals surface area contributed by atoms with Gasteiger partial charge in [-0.15, -0.1) is 11.3 Å². The van der Waals surface area contributed by atoms with Crippen molar-refractivity contribution in [1.82, 2.24) is 4.90 Å². The Morgan fingerprint density at radius 1 is 1.32 bits per heavy atom. The molecule has 1 fully saturated rings. The maximum Gasteiger partial charge on any atom is 0.306 e. The van der Waals surface area contributed by atoms with Crippen molar-refractivity contribution in [2.75, 3.05) is 0 Å². The van der Waals surface area contributed by atoms with Gasteiger partial charge in [-0.3, -0.25) is 9.59 Å². The minimum atomic E-state index is -0.762. The molecule has 0 radical (unpaired) electrons. The number of hydrogen-bond acceptors (Lipinski definition) is 3. The van der Waals surface area contributed by atoms with E-state index < -0.39 is 5.97 Å². The summed E-state index contributed by atoms with van der Waals surface area (Å²) in [6.07, 6.45) is 2.83. The van der Waals surface area contributed by atoms with Crippen LogP contribution in [-0.2, 0) is 16.1 Å². The number of aliphatic carboxylic acids is 1. The first-order chi connectivity index (χ1) is 10.4. The molecule has 122 valence electrons. The van der Waals surface area contributed by atoms with Gasteiger partial charge in [0.05, 0.1) is 12.5 Å². The van der Waals surface area contributed by atoms with Crippen LogP contribution in [0.15, 0.2) is 12.1 Å². The Labute approximate surface area is 136 Å². The van der Waals surface area contributed by atoms with E-state index in [1.165, 1.54) is 9.75 Å². The number of rotatable bonds is 5. The molecule has 2 atom stereocenters. The van der Waals surface area contributed by atoms with Crippen LogP contribution in [0, 0.1) is 18.8 Å². The molecule has 5 heteroatoms. The average molecular weight is 323 g/mol. The number of thiophene rings is 1. The van der Waals surface area contributed by atoms with Gasteiger partial charge in [-0.25, -0.2) is 0 Å². The lowest BCUT2D eigenvalue weighted by Crippen LogP contribution is -2.42. The summed E-state index contributed by atoms with van der Waals surface area (Å²) >= 11 is 1.71. The zero-order valence-electron chi connectivity index (χ0n) is 13.5. The van der Waals surface area contributed by atoms with Crippen molar-refractivity contribution in [3.05, 3.63) is 21.9 Å². The predicted molar refractivity (Wildman–Crippen MR) is 87.8 cm³/mol. The van der Waals surface area contributed by atoms with E-state index in [1.807, 2.05) is 18.7 Å². The van der Waals surface area contributed by atoms with E-state index >= 15 is 0 Å². The SMILES string of the molecule is Cc1ccc(CN(C(=O)C2CCCC(C(=O)O)C2)C(C)C)s1. The molecular formula is C17H25NO3S. The van der Waals surface area contributed by atoms with Crippen molar-refractivity contribution >= 4 is 23.2 Å². The Morgan fingerprint density at radius 3 is 2.55 bits per heavy atom. The van der Waals surface area contributed by atoms with Gasteiger partial charge in [0.1, 0.15) is 0 Å². The molecule has 2 rings (SSSR count). The molecule has 1 N–H and O–H groups in total. The van der Waals surface area contributed by atoms with Crippen molar-refractivity contribution in [2.24, 2.45) is 11.8 Å². The molecule has 0 saturated heterocycles. The van der Waals surface area contributed by atoms with Crippen LogP contribution in [-0.4, -0.2) is 27.9 Å². The number of aryl methyl sites for hydroxylation is 1. The molecule has 2 unspecified atom stereocenters. The smallest absolute Gasteiger partial charge is 0.306 e. The normalized spacial score (nSPS) is 21.8. The fourth-order valence-corrected chi connectivity index (χ4v) is 4.02. The molecule has 22 heavy (non-hydrogen) atoms. The zero-order chi connectivity index (χ0) is 16.3. The van der Waals surface area contributed by atoms with Crippen molar-refractivity contribution in [3.63, 3.8) is 0 Å². The molecule has 1 aromatic rings. The summed E-state index contributed by atoms with van der Waals surface area (Å²) in [5, 5.41) is 9.20. The number of carbonyl (C=O) groups excluding carboxylic acids is 1. The fraction of sp³-hybridized carbons (Fsp3) is 0.647. The third-order valence-corrected chi connectivity index (χ3v) is 5.39. The number of carbonyl (C=O) groups is 2. The maximum absolute atomic E-state index is 12.9. The van der Waals surface area contributed by atoms with E-state index in [2.05, 4.69) is 19.1 Å². The maximum atomic E-state index is 12.9. The monoisotopic (exact) mass is 323 g/mol. The quantitative estimate of drug-likeness (QED) is 0.899. The van der Waals surface area contributed by atoms with Gasteiger partial charge in [-0.05, 0) is 52.2 Å². The molecular weight excluding hydrogens is 298 g/mol. The first-order valence-electron chi connectivity index (χ1n) is 7.97. The van der Waals surface area contributed by atoms with Crippen molar-refractivity contribution in [2.45, 2.75) is 59.0 Å². The summed E-state index contributed by atoms with van der Waals surface area (Å²) in [5.74, 6) is -1.14. The Hall–Kier alpha value is -1.36. The van der Waals surface area contributed by atoms with E-state index in [0.29, 0.717) is 19.4 Å². The second-order valence-corrected chi connectivity index (χ2v) is 7.84. The highest BCUT2D eigenvalue weighted by molar-refractivity contribution is 7.11. The highest BCUT2D eigenvalue weighted by Crippen LogP contribution is 2.31. The van der Waals surface area contributed by atoms with E-state index in [9.17, 15) is 14.7 Å². The summed E-state index contributed by atoms with van der Waals surface area (Å²) in [6.45, 7) is 6.74. The van der Waals surface area contributed by atoms with E-state index in [0.717, 1.165) is 12.8 Å². The molecule has 1 aromatic heterocycles. The van der Waals surface area contributed by atoms with Gasteiger partial charge in [0, 0.05) is 21.7 Å². The largest absolute Gasteiger partial charge is 0.481 e. The average Bonchev–Trinajstić information content (AvgIpc) is 2.89. The van der Waals surface area contributed by atoms with Gasteiger partial charge < -0.3 is 10.0 Å². The number of nitrogens with zero attached hydrogens (tertiary/aromatic N) is 1. The van der Waals surface area contributed by atoms with Crippen LogP contribution in [0.5, 0.6) is 0 Å². The Morgan fingerprint density at radius 2 is 2.00 bits per heavy atom. The Kier molecular flexibility index (Phi) is 5.62. The third kappa shape index (κ3) is 4.09. The molecule has 1 aliphatic carbocycles. The van der Waals surface area contributed by atoms with Crippen LogP contribution in [0.3, 0.4) is 0 Å². The molecule has 0 bridgehead atoms. The second-order valence-electron chi connectivity index (χ2n) is 6.47. The topological polar surface area (TPSA) is 57.6 Å². The van der Waals surface area contributed by atoms with Crippen molar-refractivity contribution in [3.8, 4) is 0 Å². The van der Waals surface area contributed by atoms with E-state index in [-0.39, 0.29) is 23.8 Å². The summed E-state index contributed by atoms with van der Waals surface area (Å²) in [7, 11) is 0. The molecule has 1 amide bonds. The van der Waals surface area contributed by atoms with Crippen LogP contribution < -0.4 is 0 Å². The van der Waals surface area contributed by atoms with Crippen molar-refractivity contribution in [1.29, 1.82) is 0 Å². The number of hydrogen-bond donors (Lipinski definition) is 1. The molecule has 0 spiro atoms. The van der Waals surface area contributed by atoms with E-state index in [1.54, 1.807) is 11.3 Å². The van der Waals surface area contributed by atoms with Crippen LogP contribution in [0.2, 0.25) is 0 Å². The first kappa shape index (κ1) is 17.0. The fourth-order valence-electron chi connectivity index (χ4n) is 3.13. The summed E-state index contributed by atoms with van der Waals surface area (Å²) in [4.78, 5) is 28.4. The lowest BCUT2D eigenvalue weighted by molar-refractivity contribution is -0.146. The molecule has 4 nitrogen and oxygen atoms in total. The van der Waals surface area contributed by atoms with Crippen LogP contribution in [0.25, 0.3) is 0 Å². The molecule has 1 aliphatic rings. The first-order valence-corrected chi connectivity index (χ1v) is 8.78.